The van der Waals surface area contributed by atoms with Crippen LogP contribution in [-0.4, -0.2) is 11.8 Å². The van der Waals surface area contributed by atoms with Crippen molar-refractivity contribution in [3.63, 3.8) is 0 Å². The maximum atomic E-state index is 9.98. The molecule has 2 aromatic rings. The first kappa shape index (κ1) is 14.8. The number of aromatic hydroxyl groups is 1. The first-order chi connectivity index (χ1) is 9.61. The van der Waals surface area contributed by atoms with E-state index < -0.39 is 0 Å². The largest absolute Gasteiger partial charge is 0.504 e. The number of phenolic OH excluding ortho intramolecular Hbond substituents is 1. The quantitative estimate of drug-likeness (QED) is 0.620. The van der Waals surface area contributed by atoms with Gasteiger partial charge in [0, 0.05) is 5.02 Å². The van der Waals surface area contributed by atoms with Crippen LogP contribution in [0, 0.1) is 0 Å². The van der Waals surface area contributed by atoms with Gasteiger partial charge in [0.2, 0.25) is 0 Å². The molecule has 3 nitrogen and oxygen atoms in total. The van der Waals surface area contributed by atoms with Crippen LogP contribution in [0.1, 0.15) is 12.5 Å². The highest BCUT2D eigenvalue weighted by Crippen LogP contribution is 2.34. The second-order valence-electron chi connectivity index (χ2n) is 4.21. The summed E-state index contributed by atoms with van der Waals surface area (Å²) < 4.78 is 5.49. The van der Waals surface area contributed by atoms with E-state index in [0.29, 0.717) is 21.5 Å². The Labute approximate surface area is 128 Å². The average Bonchev–Trinajstić information content (AvgIpc) is 2.46. The van der Waals surface area contributed by atoms with E-state index in [0.717, 1.165) is 12.0 Å². The zero-order valence-electron chi connectivity index (χ0n) is 11.0. The predicted octanol–water partition coefficient (Wildman–Crippen LogP) is 4.71. The fourth-order valence-corrected chi connectivity index (χ4v) is 2.17. The van der Waals surface area contributed by atoms with Crippen LogP contribution in [0.2, 0.25) is 10.0 Å². The van der Waals surface area contributed by atoms with Crippen LogP contribution in [0.4, 0.5) is 5.69 Å². The zero-order valence-corrected chi connectivity index (χ0v) is 12.5. The number of rotatable bonds is 5. The molecule has 20 heavy (non-hydrogen) atoms. The van der Waals surface area contributed by atoms with Crippen molar-refractivity contribution in [3.05, 3.63) is 52.0 Å². The monoisotopic (exact) mass is 311 g/mol. The summed E-state index contributed by atoms with van der Waals surface area (Å²) >= 11 is 11.9. The van der Waals surface area contributed by atoms with E-state index in [9.17, 15) is 5.11 Å². The molecule has 0 spiro atoms. The summed E-state index contributed by atoms with van der Waals surface area (Å²) in [6.45, 7) is 2.20. The molecule has 0 saturated carbocycles. The fourth-order valence-electron chi connectivity index (χ4n) is 1.75. The van der Waals surface area contributed by atoms with Crippen molar-refractivity contribution in [2.24, 2.45) is 0 Å². The van der Waals surface area contributed by atoms with Crippen LogP contribution in [0.15, 0.2) is 36.4 Å². The Morgan fingerprint density at radius 2 is 1.80 bits per heavy atom. The summed E-state index contributed by atoms with van der Waals surface area (Å²) in [4.78, 5) is 0. The maximum absolute atomic E-state index is 9.98. The molecule has 0 aromatic heterocycles. The third kappa shape index (κ3) is 3.50. The van der Waals surface area contributed by atoms with Crippen LogP contribution >= 0.6 is 23.2 Å². The van der Waals surface area contributed by atoms with E-state index >= 15 is 0 Å². The van der Waals surface area contributed by atoms with Crippen molar-refractivity contribution in [1.82, 2.24) is 0 Å². The summed E-state index contributed by atoms with van der Waals surface area (Å²) in [6, 6.07) is 10.7. The molecular formula is C15H15Cl2NO2. The summed E-state index contributed by atoms with van der Waals surface area (Å²) in [5.41, 5.74) is 1.45. The minimum atomic E-state index is 0.0470. The van der Waals surface area contributed by atoms with E-state index in [4.69, 9.17) is 27.9 Å². The van der Waals surface area contributed by atoms with Crippen LogP contribution < -0.4 is 10.1 Å². The minimum absolute atomic E-state index is 0.0470. The Kier molecular flexibility index (Phi) is 4.99. The topological polar surface area (TPSA) is 41.5 Å². The van der Waals surface area contributed by atoms with Crippen LogP contribution in [0.5, 0.6) is 11.5 Å². The number of hydrogen-bond acceptors (Lipinski definition) is 3. The van der Waals surface area contributed by atoms with Crippen molar-refractivity contribution in [3.8, 4) is 11.5 Å². The number of halogens is 2. The summed E-state index contributed by atoms with van der Waals surface area (Å²) in [7, 11) is 0. The van der Waals surface area contributed by atoms with Gasteiger partial charge in [0.25, 0.3) is 0 Å². The fraction of sp³-hybridized carbons (Fsp3) is 0.200. The smallest absolute Gasteiger partial charge is 0.159 e. The Balaban J connectivity index is 1.97. The standard InChI is InChI=1S/C15H15Cl2NO2/c1-2-10-3-8-13(15(19)14(10)17)18-9-20-12-6-4-11(16)5-7-12/h3-8,18-19H,2,9H2,1H3. The number of aryl methyl sites for hydroxylation is 1. The molecule has 0 aliphatic heterocycles. The molecule has 0 amide bonds. The molecule has 5 heteroatoms. The lowest BCUT2D eigenvalue weighted by Crippen LogP contribution is -2.09. The van der Waals surface area contributed by atoms with Crippen LogP contribution in [0.25, 0.3) is 0 Å². The molecule has 0 atom stereocenters. The first-order valence-electron chi connectivity index (χ1n) is 6.24. The summed E-state index contributed by atoms with van der Waals surface area (Å²) in [5.74, 6) is 0.739. The Morgan fingerprint density at radius 3 is 2.45 bits per heavy atom. The molecule has 2 aromatic carbocycles. The van der Waals surface area contributed by atoms with Gasteiger partial charge in [0.05, 0.1) is 10.7 Å². The zero-order chi connectivity index (χ0) is 14.5. The van der Waals surface area contributed by atoms with E-state index in [2.05, 4.69) is 5.32 Å². The number of phenols is 1. The van der Waals surface area contributed by atoms with Gasteiger partial charge in [0.15, 0.2) is 12.5 Å². The second-order valence-corrected chi connectivity index (χ2v) is 5.02. The maximum Gasteiger partial charge on any atom is 0.159 e. The number of hydrogen-bond donors (Lipinski definition) is 2. The van der Waals surface area contributed by atoms with E-state index in [1.54, 1.807) is 30.3 Å². The van der Waals surface area contributed by atoms with Crippen molar-refractivity contribution < 1.29 is 9.84 Å². The molecule has 2 N–H and O–H groups in total. The number of anilines is 1. The second kappa shape index (κ2) is 6.73. The third-order valence-electron chi connectivity index (χ3n) is 2.89. The van der Waals surface area contributed by atoms with E-state index in [1.165, 1.54) is 0 Å². The number of nitrogens with one attached hydrogen (secondary N) is 1. The van der Waals surface area contributed by atoms with Crippen molar-refractivity contribution in [2.45, 2.75) is 13.3 Å². The lowest BCUT2D eigenvalue weighted by atomic mass is 10.1. The molecule has 2 rings (SSSR count). The first-order valence-corrected chi connectivity index (χ1v) is 7.00. The molecule has 0 saturated heterocycles. The van der Waals surface area contributed by atoms with Crippen molar-refractivity contribution in [1.29, 1.82) is 0 Å². The molecule has 0 heterocycles. The van der Waals surface area contributed by atoms with Crippen LogP contribution in [-0.2, 0) is 6.42 Å². The lowest BCUT2D eigenvalue weighted by Gasteiger charge is -2.12. The SMILES string of the molecule is CCc1ccc(NCOc2ccc(Cl)cc2)c(O)c1Cl. The molecule has 0 radical (unpaired) electrons. The molecule has 0 bridgehead atoms. The highest BCUT2D eigenvalue weighted by atomic mass is 35.5. The van der Waals surface area contributed by atoms with Gasteiger partial charge in [-0.25, -0.2) is 0 Å². The van der Waals surface area contributed by atoms with E-state index in [1.807, 2.05) is 13.0 Å². The van der Waals surface area contributed by atoms with Crippen molar-refractivity contribution >= 4 is 28.9 Å². The normalized spacial score (nSPS) is 10.3. The van der Waals surface area contributed by atoms with Gasteiger partial charge in [-0.3, -0.25) is 0 Å². The molecular weight excluding hydrogens is 297 g/mol. The Hall–Kier alpha value is -1.58. The van der Waals surface area contributed by atoms with Gasteiger partial charge in [-0.2, -0.15) is 0 Å². The molecule has 106 valence electrons. The minimum Gasteiger partial charge on any atom is -0.504 e. The van der Waals surface area contributed by atoms with Gasteiger partial charge >= 0.3 is 0 Å². The van der Waals surface area contributed by atoms with E-state index in [-0.39, 0.29) is 12.5 Å². The van der Waals surface area contributed by atoms with Crippen LogP contribution in [0.3, 0.4) is 0 Å². The predicted molar refractivity (Wildman–Crippen MR) is 83.1 cm³/mol. The van der Waals surface area contributed by atoms with Gasteiger partial charge in [-0.05, 0) is 42.3 Å². The van der Waals surface area contributed by atoms with Gasteiger partial charge in [0.1, 0.15) is 5.75 Å². The average molecular weight is 312 g/mol. The number of ether oxygens (including phenoxy) is 1. The molecule has 0 unspecified atom stereocenters. The van der Waals surface area contributed by atoms with Gasteiger partial charge < -0.3 is 15.2 Å². The number of benzene rings is 2. The lowest BCUT2D eigenvalue weighted by molar-refractivity contribution is 0.345. The highest BCUT2D eigenvalue weighted by molar-refractivity contribution is 6.33. The van der Waals surface area contributed by atoms with Gasteiger partial charge in [-0.15, -0.1) is 0 Å². The molecule has 0 fully saturated rings. The Bertz CT molecular complexity index is 585. The molecule has 0 aliphatic rings. The Morgan fingerprint density at radius 1 is 1.10 bits per heavy atom. The third-order valence-corrected chi connectivity index (χ3v) is 3.57. The summed E-state index contributed by atoms with van der Waals surface area (Å²) in [5, 5.41) is 14.0. The highest BCUT2D eigenvalue weighted by Gasteiger charge is 2.09. The molecule has 0 aliphatic carbocycles. The van der Waals surface area contributed by atoms with Crippen molar-refractivity contribution in [2.75, 3.05) is 12.0 Å². The summed E-state index contributed by atoms with van der Waals surface area (Å²) in [6.07, 6.45) is 0.772. The van der Waals surface area contributed by atoms with Gasteiger partial charge in [-0.1, -0.05) is 36.2 Å².